The molecule has 4 rings (SSSR count). The first-order valence-electron chi connectivity index (χ1n) is 9.49. The van der Waals surface area contributed by atoms with Gasteiger partial charge in [0, 0.05) is 24.0 Å². The van der Waals surface area contributed by atoms with Gasteiger partial charge in [-0.15, -0.1) is 5.10 Å². The van der Waals surface area contributed by atoms with Gasteiger partial charge in [-0.2, -0.15) is 5.10 Å². The van der Waals surface area contributed by atoms with Gasteiger partial charge >= 0.3 is 0 Å². The molecule has 1 aromatic carbocycles. The van der Waals surface area contributed by atoms with Crippen molar-refractivity contribution in [3.8, 4) is 0 Å². The summed E-state index contributed by atoms with van der Waals surface area (Å²) in [5.41, 5.74) is 2.62. The van der Waals surface area contributed by atoms with Crippen LogP contribution in [0.5, 0.6) is 0 Å². The molecule has 1 atom stereocenters. The lowest BCUT2D eigenvalue weighted by atomic mass is 9.95. The molecule has 0 unspecified atom stereocenters. The molecule has 0 amide bonds. The van der Waals surface area contributed by atoms with E-state index in [1.165, 1.54) is 12.1 Å². The summed E-state index contributed by atoms with van der Waals surface area (Å²) < 4.78 is 27.8. The SMILES string of the molecule is Cc1nc2c(C)nnc(N[C@H](C)c3cccc(F)c3F)c2cc1N1CC(C)(O)C1. The van der Waals surface area contributed by atoms with Gasteiger partial charge in [0.05, 0.1) is 34.2 Å². The number of fused-ring (bicyclic) bond motifs is 1. The smallest absolute Gasteiger partial charge is 0.164 e. The summed E-state index contributed by atoms with van der Waals surface area (Å²) in [6.07, 6.45) is 0. The Morgan fingerprint density at radius 1 is 1.17 bits per heavy atom. The van der Waals surface area contributed by atoms with E-state index >= 15 is 0 Å². The standard InChI is InChI=1S/C21H23F2N5O/c1-11(14-6-5-7-16(22)18(14)23)25-20-15-8-17(28-9-21(4,29)10-28)12(2)24-19(15)13(3)26-27-20/h5-8,11,29H,9-10H2,1-4H3,(H,25,27)/t11-/m1/s1. The van der Waals surface area contributed by atoms with E-state index in [1.807, 2.05) is 19.9 Å². The van der Waals surface area contributed by atoms with Crippen molar-refractivity contribution in [1.82, 2.24) is 15.2 Å². The fourth-order valence-corrected chi connectivity index (χ4v) is 3.79. The Morgan fingerprint density at radius 2 is 1.90 bits per heavy atom. The van der Waals surface area contributed by atoms with E-state index in [-0.39, 0.29) is 5.56 Å². The molecule has 8 heteroatoms. The van der Waals surface area contributed by atoms with Crippen molar-refractivity contribution in [3.05, 3.63) is 52.9 Å². The number of pyridine rings is 1. The zero-order valence-electron chi connectivity index (χ0n) is 16.8. The van der Waals surface area contributed by atoms with Crippen molar-refractivity contribution < 1.29 is 13.9 Å². The second-order valence-corrected chi connectivity index (χ2v) is 7.99. The third-order valence-electron chi connectivity index (χ3n) is 5.29. The summed E-state index contributed by atoms with van der Waals surface area (Å²) in [4.78, 5) is 6.75. The van der Waals surface area contributed by atoms with E-state index < -0.39 is 23.3 Å². The summed E-state index contributed by atoms with van der Waals surface area (Å²) in [6, 6.07) is 5.54. The number of halogens is 2. The lowest BCUT2D eigenvalue weighted by Gasteiger charge is -2.46. The minimum absolute atomic E-state index is 0.208. The average molecular weight is 399 g/mol. The van der Waals surface area contributed by atoms with Crippen molar-refractivity contribution in [2.75, 3.05) is 23.3 Å². The predicted octanol–water partition coefficient (Wildman–Crippen LogP) is 3.66. The molecule has 2 aromatic heterocycles. The van der Waals surface area contributed by atoms with Gasteiger partial charge in [-0.05, 0) is 39.8 Å². The minimum atomic E-state index is -0.889. The highest BCUT2D eigenvalue weighted by atomic mass is 19.2. The van der Waals surface area contributed by atoms with E-state index in [9.17, 15) is 13.9 Å². The molecule has 0 aliphatic carbocycles. The molecule has 29 heavy (non-hydrogen) atoms. The van der Waals surface area contributed by atoms with Crippen LogP contribution in [0.15, 0.2) is 24.3 Å². The largest absolute Gasteiger partial charge is 0.386 e. The molecule has 0 saturated carbocycles. The maximum absolute atomic E-state index is 14.2. The van der Waals surface area contributed by atoms with Gasteiger partial charge in [0.25, 0.3) is 0 Å². The van der Waals surface area contributed by atoms with E-state index in [1.54, 1.807) is 13.8 Å². The minimum Gasteiger partial charge on any atom is -0.386 e. The van der Waals surface area contributed by atoms with Gasteiger partial charge in [0.2, 0.25) is 0 Å². The number of rotatable bonds is 4. The number of anilines is 2. The molecule has 0 radical (unpaired) electrons. The van der Waals surface area contributed by atoms with Crippen LogP contribution in [-0.2, 0) is 0 Å². The number of nitrogens with one attached hydrogen (secondary N) is 1. The van der Waals surface area contributed by atoms with Gasteiger partial charge in [-0.1, -0.05) is 12.1 Å². The second-order valence-electron chi connectivity index (χ2n) is 7.99. The molecule has 1 aliphatic rings. The predicted molar refractivity (Wildman–Crippen MR) is 108 cm³/mol. The Hall–Kier alpha value is -2.87. The highest BCUT2D eigenvalue weighted by molar-refractivity contribution is 5.93. The van der Waals surface area contributed by atoms with Gasteiger partial charge < -0.3 is 15.3 Å². The number of β-amino-alcohol motifs (C(OH)–C–C–N with tert-alkyl or cyclic N) is 1. The van der Waals surface area contributed by atoms with E-state index in [0.29, 0.717) is 30.1 Å². The van der Waals surface area contributed by atoms with Crippen LogP contribution < -0.4 is 10.2 Å². The third kappa shape index (κ3) is 3.48. The molecular formula is C21H23F2N5O. The molecule has 3 heterocycles. The Balaban J connectivity index is 1.74. The van der Waals surface area contributed by atoms with Gasteiger partial charge in [0.1, 0.15) is 0 Å². The van der Waals surface area contributed by atoms with Crippen molar-refractivity contribution in [2.45, 2.75) is 39.3 Å². The van der Waals surface area contributed by atoms with Crippen LogP contribution in [0.3, 0.4) is 0 Å². The number of aryl methyl sites for hydroxylation is 2. The van der Waals surface area contributed by atoms with Gasteiger partial charge in [0.15, 0.2) is 17.5 Å². The van der Waals surface area contributed by atoms with Crippen molar-refractivity contribution in [1.29, 1.82) is 0 Å². The number of nitrogens with zero attached hydrogens (tertiary/aromatic N) is 4. The first-order valence-corrected chi connectivity index (χ1v) is 9.49. The Morgan fingerprint density at radius 3 is 2.59 bits per heavy atom. The highest BCUT2D eigenvalue weighted by Gasteiger charge is 2.37. The number of aromatic nitrogens is 3. The highest BCUT2D eigenvalue weighted by Crippen LogP contribution is 2.34. The number of hydrogen-bond acceptors (Lipinski definition) is 6. The molecule has 0 spiro atoms. The quantitative estimate of drug-likeness (QED) is 0.698. The number of aliphatic hydroxyl groups is 1. The molecule has 0 bridgehead atoms. The molecule has 1 fully saturated rings. The summed E-state index contributed by atoms with van der Waals surface area (Å²) in [6.45, 7) is 8.32. The summed E-state index contributed by atoms with van der Waals surface area (Å²) in [5, 5.41) is 22.4. The normalized spacial score (nSPS) is 16.6. The van der Waals surface area contributed by atoms with E-state index in [4.69, 9.17) is 4.98 Å². The number of benzene rings is 1. The molecule has 1 aliphatic heterocycles. The third-order valence-corrected chi connectivity index (χ3v) is 5.29. The maximum atomic E-state index is 14.2. The molecule has 152 valence electrons. The molecular weight excluding hydrogens is 376 g/mol. The van der Waals surface area contributed by atoms with Gasteiger partial charge in [-0.3, -0.25) is 0 Å². The summed E-state index contributed by atoms with van der Waals surface area (Å²) in [5.74, 6) is -1.32. The zero-order chi connectivity index (χ0) is 20.9. The maximum Gasteiger partial charge on any atom is 0.164 e. The first-order chi connectivity index (χ1) is 13.7. The van der Waals surface area contributed by atoms with Crippen LogP contribution >= 0.6 is 0 Å². The van der Waals surface area contributed by atoms with Crippen LogP contribution in [0, 0.1) is 25.5 Å². The Kier molecular flexibility index (Phi) is 4.61. The molecule has 1 saturated heterocycles. The molecule has 3 aromatic rings. The number of hydrogen-bond donors (Lipinski definition) is 2. The summed E-state index contributed by atoms with van der Waals surface area (Å²) >= 11 is 0. The Bertz CT molecular complexity index is 1090. The van der Waals surface area contributed by atoms with Crippen molar-refractivity contribution in [3.63, 3.8) is 0 Å². The lowest BCUT2D eigenvalue weighted by molar-refractivity contribution is 0.0309. The Labute approximate surface area is 167 Å². The topological polar surface area (TPSA) is 74.2 Å². The molecule has 2 N–H and O–H groups in total. The average Bonchev–Trinajstić information content (AvgIpc) is 2.64. The van der Waals surface area contributed by atoms with E-state index in [0.717, 1.165) is 22.8 Å². The van der Waals surface area contributed by atoms with Crippen LogP contribution in [0.1, 0.15) is 36.8 Å². The van der Waals surface area contributed by atoms with Crippen LogP contribution in [0.2, 0.25) is 0 Å². The van der Waals surface area contributed by atoms with Crippen LogP contribution in [-0.4, -0.2) is 39.0 Å². The second kappa shape index (κ2) is 6.88. The monoisotopic (exact) mass is 399 g/mol. The summed E-state index contributed by atoms with van der Waals surface area (Å²) in [7, 11) is 0. The fraction of sp³-hybridized carbons (Fsp3) is 0.381. The van der Waals surface area contributed by atoms with Gasteiger partial charge in [-0.25, -0.2) is 13.8 Å². The molecule has 6 nitrogen and oxygen atoms in total. The lowest BCUT2D eigenvalue weighted by Crippen LogP contribution is -2.60. The van der Waals surface area contributed by atoms with Crippen LogP contribution in [0.25, 0.3) is 10.9 Å². The van der Waals surface area contributed by atoms with E-state index in [2.05, 4.69) is 20.4 Å². The zero-order valence-corrected chi connectivity index (χ0v) is 16.8. The van der Waals surface area contributed by atoms with Crippen molar-refractivity contribution >= 4 is 22.4 Å². The van der Waals surface area contributed by atoms with Crippen molar-refractivity contribution in [2.24, 2.45) is 0 Å². The first kappa shape index (κ1) is 19.4. The fourth-order valence-electron chi connectivity index (χ4n) is 3.79. The van der Waals surface area contributed by atoms with Crippen LogP contribution in [0.4, 0.5) is 20.3 Å².